The molecule has 1 amide bonds. The summed E-state index contributed by atoms with van der Waals surface area (Å²) in [4.78, 5) is 14.6. The van der Waals surface area contributed by atoms with Crippen LogP contribution >= 0.6 is 22.7 Å². The number of carbonyl (C=O) groups is 1. The van der Waals surface area contributed by atoms with Gasteiger partial charge in [0, 0.05) is 11.3 Å². The van der Waals surface area contributed by atoms with E-state index in [0.717, 1.165) is 29.1 Å². The predicted molar refractivity (Wildman–Crippen MR) is 98.1 cm³/mol. The number of benzene rings is 1. The predicted octanol–water partition coefficient (Wildman–Crippen LogP) is 4.32. The van der Waals surface area contributed by atoms with E-state index in [1.165, 1.54) is 40.2 Å². The lowest BCUT2D eigenvalue weighted by molar-refractivity contribution is 0.103. The number of fused-ring (bicyclic) bond motifs is 1. The van der Waals surface area contributed by atoms with Crippen LogP contribution in [0.5, 0.6) is 0 Å². The molecular weight excluding hydrogens is 338 g/mol. The third kappa shape index (κ3) is 3.39. The normalized spacial score (nSPS) is 13.5. The van der Waals surface area contributed by atoms with E-state index in [-0.39, 0.29) is 5.91 Å². The molecule has 4 rings (SSSR count). The zero-order valence-electron chi connectivity index (χ0n) is 13.1. The summed E-state index contributed by atoms with van der Waals surface area (Å²) in [6.45, 7) is 0. The Hall–Kier alpha value is -2.05. The molecule has 0 aliphatic heterocycles. The van der Waals surface area contributed by atoms with Crippen molar-refractivity contribution in [3.05, 3.63) is 62.3 Å². The Morgan fingerprint density at radius 1 is 1.08 bits per heavy atom. The van der Waals surface area contributed by atoms with Gasteiger partial charge in [-0.25, -0.2) is 0 Å². The fraction of sp³-hybridized carbons (Fsp3) is 0.278. The minimum absolute atomic E-state index is 0.0724. The third-order valence-corrected chi connectivity index (χ3v) is 6.18. The van der Waals surface area contributed by atoms with Crippen LogP contribution in [-0.4, -0.2) is 16.1 Å². The average Bonchev–Trinajstić information content (AvgIpc) is 3.22. The van der Waals surface area contributed by atoms with E-state index < -0.39 is 0 Å². The molecule has 6 heteroatoms. The van der Waals surface area contributed by atoms with Crippen LogP contribution in [0.1, 0.15) is 43.5 Å². The Bertz CT molecular complexity index is 831. The largest absolute Gasteiger partial charge is 0.296 e. The molecule has 0 fully saturated rings. The van der Waals surface area contributed by atoms with Crippen molar-refractivity contribution in [2.75, 3.05) is 5.32 Å². The van der Waals surface area contributed by atoms with Crippen molar-refractivity contribution in [2.45, 2.75) is 32.1 Å². The summed E-state index contributed by atoms with van der Waals surface area (Å²) < 4.78 is 0. The van der Waals surface area contributed by atoms with Gasteiger partial charge in [-0.2, -0.15) is 0 Å². The number of carbonyl (C=O) groups excluding carboxylic acids is 1. The Labute approximate surface area is 148 Å². The maximum atomic E-state index is 12.4. The van der Waals surface area contributed by atoms with Crippen LogP contribution in [0, 0.1) is 0 Å². The molecule has 1 aromatic carbocycles. The smallest absolute Gasteiger partial charge is 0.267 e. The van der Waals surface area contributed by atoms with Crippen LogP contribution < -0.4 is 5.32 Å². The van der Waals surface area contributed by atoms with Crippen molar-refractivity contribution in [2.24, 2.45) is 0 Å². The Morgan fingerprint density at radius 3 is 2.75 bits per heavy atom. The summed E-state index contributed by atoms with van der Waals surface area (Å²) in [7, 11) is 0. The molecular formula is C18H17N3OS2. The molecule has 0 spiro atoms. The van der Waals surface area contributed by atoms with Crippen molar-refractivity contribution < 1.29 is 4.79 Å². The van der Waals surface area contributed by atoms with Gasteiger partial charge in [0.05, 0.1) is 4.88 Å². The highest BCUT2D eigenvalue weighted by atomic mass is 32.1. The van der Waals surface area contributed by atoms with Gasteiger partial charge < -0.3 is 0 Å². The molecule has 1 aliphatic rings. The van der Waals surface area contributed by atoms with Crippen LogP contribution in [0.4, 0.5) is 5.13 Å². The molecule has 1 N–H and O–H groups in total. The van der Waals surface area contributed by atoms with E-state index in [1.807, 2.05) is 24.3 Å². The van der Waals surface area contributed by atoms with Gasteiger partial charge in [0.1, 0.15) is 5.01 Å². The number of rotatable bonds is 4. The zero-order chi connectivity index (χ0) is 16.4. The van der Waals surface area contributed by atoms with E-state index >= 15 is 0 Å². The minimum Gasteiger partial charge on any atom is -0.296 e. The molecule has 0 saturated carbocycles. The molecule has 3 aromatic rings. The summed E-state index contributed by atoms with van der Waals surface area (Å²) in [5, 5.41) is 12.6. The zero-order valence-corrected chi connectivity index (χ0v) is 14.8. The standard InChI is InChI=1S/C18H17N3OS2/c22-17(15-11-13-8-4-5-9-14(13)23-15)19-18-21-20-16(24-18)10-12-6-2-1-3-7-12/h1-3,6-7,11H,4-5,8-10H2,(H,19,21,22). The molecule has 122 valence electrons. The van der Waals surface area contributed by atoms with Crippen LogP contribution in [0.15, 0.2) is 36.4 Å². The van der Waals surface area contributed by atoms with Gasteiger partial charge in [0.15, 0.2) is 0 Å². The highest BCUT2D eigenvalue weighted by molar-refractivity contribution is 7.16. The number of nitrogens with zero attached hydrogens (tertiary/aromatic N) is 2. The van der Waals surface area contributed by atoms with Gasteiger partial charge >= 0.3 is 0 Å². The second kappa shape index (κ2) is 6.83. The number of aromatic nitrogens is 2. The first-order valence-electron chi connectivity index (χ1n) is 8.07. The second-order valence-corrected chi connectivity index (χ2v) is 8.08. The quantitative estimate of drug-likeness (QED) is 0.758. The van der Waals surface area contributed by atoms with Crippen LogP contribution in [0.25, 0.3) is 0 Å². The highest BCUT2D eigenvalue weighted by Gasteiger charge is 2.18. The Balaban J connectivity index is 1.43. The van der Waals surface area contributed by atoms with Crippen molar-refractivity contribution in [1.29, 1.82) is 0 Å². The number of anilines is 1. The number of nitrogens with one attached hydrogen (secondary N) is 1. The first kappa shape index (κ1) is 15.5. The van der Waals surface area contributed by atoms with Gasteiger partial charge in [-0.3, -0.25) is 10.1 Å². The average molecular weight is 355 g/mol. The highest BCUT2D eigenvalue weighted by Crippen LogP contribution is 2.30. The van der Waals surface area contributed by atoms with Gasteiger partial charge in [-0.05, 0) is 42.9 Å². The maximum absolute atomic E-state index is 12.4. The molecule has 0 bridgehead atoms. The number of thiophene rings is 1. The third-order valence-electron chi connectivity index (χ3n) is 4.11. The van der Waals surface area contributed by atoms with Gasteiger partial charge in [-0.1, -0.05) is 41.7 Å². The first-order chi connectivity index (χ1) is 11.8. The lowest BCUT2D eigenvalue weighted by Gasteiger charge is -2.08. The van der Waals surface area contributed by atoms with Crippen molar-refractivity contribution >= 4 is 33.7 Å². The van der Waals surface area contributed by atoms with E-state index in [1.54, 1.807) is 11.3 Å². The summed E-state index contributed by atoms with van der Waals surface area (Å²) in [5.74, 6) is -0.0724. The lowest BCUT2D eigenvalue weighted by Crippen LogP contribution is -2.09. The van der Waals surface area contributed by atoms with Crippen LogP contribution in [0.2, 0.25) is 0 Å². The fourth-order valence-electron chi connectivity index (χ4n) is 2.91. The molecule has 0 saturated heterocycles. The van der Waals surface area contributed by atoms with Crippen LogP contribution in [-0.2, 0) is 19.3 Å². The van der Waals surface area contributed by atoms with E-state index in [0.29, 0.717) is 5.13 Å². The lowest BCUT2D eigenvalue weighted by atomic mass is 9.99. The topological polar surface area (TPSA) is 54.9 Å². The Kier molecular flexibility index (Phi) is 4.40. The molecule has 0 atom stereocenters. The van der Waals surface area contributed by atoms with Gasteiger partial charge in [0.2, 0.25) is 5.13 Å². The van der Waals surface area contributed by atoms with E-state index in [2.05, 4.69) is 27.6 Å². The van der Waals surface area contributed by atoms with Gasteiger partial charge in [-0.15, -0.1) is 21.5 Å². The van der Waals surface area contributed by atoms with E-state index in [4.69, 9.17) is 0 Å². The molecule has 1 aliphatic carbocycles. The van der Waals surface area contributed by atoms with Crippen molar-refractivity contribution in [1.82, 2.24) is 10.2 Å². The van der Waals surface area contributed by atoms with E-state index in [9.17, 15) is 4.79 Å². The molecule has 2 aromatic heterocycles. The first-order valence-corrected chi connectivity index (χ1v) is 9.70. The summed E-state index contributed by atoms with van der Waals surface area (Å²) in [6, 6.07) is 12.2. The number of hydrogen-bond donors (Lipinski definition) is 1. The fourth-order valence-corrected chi connectivity index (χ4v) is 4.83. The Morgan fingerprint density at radius 2 is 1.92 bits per heavy atom. The van der Waals surface area contributed by atoms with Crippen molar-refractivity contribution in [3.63, 3.8) is 0 Å². The number of hydrogen-bond acceptors (Lipinski definition) is 5. The monoisotopic (exact) mass is 355 g/mol. The summed E-state index contributed by atoms with van der Waals surface area (Å²) in [5.41, 5.74) is 2.54. The molecule has 0 unspecified atom stereocenters. The van der Waals surface area contributed by atoms with Gasteiger partial charge in [0.25, 0.3) is 5.91 Å². The SMILES string of the molecule is O=C(Nc1nnc(Cc2ccccc2)s1)c1cc2c(s1)CCCC2. The summed E-state index contributed by atoms with van der Waals surface area (Å²) >= 11 is 3.05. The summed E-state index contributed by atoms with van der Waals surface area (Å²) in [6.07, 6.45) is 5.39. The molecule has 2 heterocycles. The molecule has 24 heavy (non-hydrogen) atoms. The number of aryl methyl sites for hydroxylation is 2. The maximum Gasteiger partial charge on any atom is 0.267 e. The van der Waals surface area contributed by atoms with Crippen molar-refractivity contribution in [3.8, 4) is 0 Å². The molecule has 4 nitrogen and oxygen atoms in total. The number of amides is 1. The minimum atomic E-state index is -0.0724. The second-order valence-electron chi connectivity index (χ2n) is 5.88. The van der Waals surface area contributed by atoms with Crippen LogP contribution in [0.3, 0.4) is 0 Å². The molecule has 0 radical (unpaired) electrons.